The normalized spacial score (nSPS) is 11.7. The van der Waals surface area contributed by atoms with Crippen molar-refractivity contribution >= 4 is 5.97 Å². The van der Waals surface area contributed by atoms with Gasteiger partial charge in [-0.25, -0.2) is 4.39 Å². The van der Waals surface area contributed by atoms with E-state index in [1.54, 1.807) is 12.1 Å². The Kier molecular flexibility index (Phi) is 9.15. The number of aliphatic carboxylic acids is 1. The maximum absolute atomic E-state index is 13.4. The molecule has 0 aliphatic carbocycles. The van der Waals surface area contributed by atoms with Gasteiger partial charge in [-0.2, -0.15) is 0 Å². The van der Waals surface area contributed by atoms with E-state index in [-0.39, 0.29) is 18.2 Å². The summed E-state index contributed by atoms with van der Waals surface area (Å²) in [6.07, 6.45) is 1.97. The van der Waals surface area contributed by atoms with Gasteiger partial charge >= 0.3 is 5.97 Å². The Labute approximate surface area is 223 Å². The Balaban J connectivity index is 1.49. The second kappa shape index (κ2) is 12.9. The lowest BCUT2D eigenvalue weighted by molar-refractivity contribution is -0.137. The highest BCUT2D eigenvalue weighted by Crippen LogP contribution is 2.33. The van der Waals surface area contributed by atoms with E-state index in [1.165, 1.54) is 17.7 Å². The van der Waals surface area contributed by atoms with Crippen molar-refractivity contribution in [1.82, 2.24) is 0 Å². The highest BCUT2D eigenvalue weighted by atomic mass is 19.1. The summed E-state index contributed by atoms with van der Waals surface area (Å²) in [6.45, 7) is 5.25. The van der Waals surface area contributed by atoms with Crippen LogP contribution in [0.4, 0.5) is 4.39 Å². The lowest BCUT2D eigenvalue weighted by Gasteiger charge is -2.17. The maximum atomic E-state index is 13.4. The summed E-state index contributed by atoms with van der Waals surface area (Å²) in [5.74, 6) is -0.114. The summed E-state index contributed by atoms with van der Waals surface area (Å²) in [5.41, 5.74) is 5.96. The first-order chi connectivity index (χ1) is 18.4. The number of hydrogen-bond acceptors (Lipinski definition) is 3. The van der Waals surface area contributed by atoms with Crippen LogP contribution in [0.2, 0.25) is 0 Å². The Morgan fingerprint density at radius 2 is 1.61 bits per heavy atom. The lowest BCUT2D eigenvalue weighted by atomic mass is 9.88. The fourth-order valence-electron chi connectivity index (χ4n) is 4.41. The topological polar surface area (TPSA) is 55.8 Å². The SMILES string of the molecule is CCCCOc1cc(COc2ccc(C(CC(=O)O)c3ccc(F)cc3)cc2)ccc1-c1cccc(C)c1. The minimum Gasteiger partial charge on any atom is -0.493 e. The number of benzene rings is 4. The van der Waals surface area contributed by atoms with Crippen LogP contribution >= 0.6 is 0 Å². The minimum atomic E-state index is -0.911. The minimum absolute atomic E-state index is 0.0834. The zero-order valence-corrected chi connectivity index (χ0v) is 21.8. The van der Waals surface area contributed by atoms with E-state index in [0.717, 1.165) is 46.4 Å². The molecule has 196 valence electrons. The number of ether oxygens (including phenoxy) is 2. The van der Waals surface area contributed by atoms with Crippen molar-refractivity contribution in [2.75, 3.05) is 6.61 Å². The van der Waals surface area contributed by atoms with Crippen LogP contribution in [-0.2, 0) is 11.4 Å². The van der Waals surface area contributed by atoms with Gasteiger partial charge in [0.2, 0.25) is 0 Å². The zero-order chi connectivity index (χ0) is 26.9. The molecule has 4 nitrogen and oxygen atoms in total. The molecule has 0 bridgehead atoms. The summed E-state index contributed by atoms with van der Waals surface area (Å²) in [4.78, 5) is 11.5. The molecule has 1 unspecified atom stereocenters. The Bertz CT molecular complexity index is 1350. The molecule has 0 saturated carbocycles. The van der Waals surface area contributed by atoms with Gasteiger partial charge in [0.1, 0.15) is 23.9 Å². The zero-order valence-electron chi connectivity index (χ0n) is 21.8. The van der Waals surface area contributed by atoms with E-state index >= 15 is 0 Å². The standard InChI is InChI=1S/C33H33FO4/c1-3-4-18-37-32-20-24(8-17-30(32)27-7-5-6-23(2)19-27)22-38-29-15-11-26(12-16-29)31(21-33(35)36)25-9-13-28(34)14-10-25/h5-17,19-20,31H,3-4,18,21-22H2,1-2H3,(H,35,36). The molecular weight excluding hydrogens is 479 g/mol. The lowest BCUT2D eigenvalue weighted by Crippen LogP contribution is -2.08. The fraction of sp³-hybridized carbons (Fsp3) is 0.242. The molecule has 4 rings (SSSR count). The van der Waals surface area contributed by atoms with Crippen molar-refractivity contribution in [2.24, 2.45) is 0 Å². The molecule has 0 amide bonds. The van der Waals surface area contributed by atoms with Crippen LogP contribution in [0.5, 0.6) is 11.5 Å². The van der Waals surface area contributed by atoms with Crippen molar-refractivity contribution < 1.29 is 23.8 Å². The smallest absolute Gasteiger partial charge is 0.304 e. The van der Waals surface area contributed by atoms with Gasteiger partial charge in [-0.05, 0) is 65.9 Å². The van der Waals surface area contributed by atoms with Gasteiger partial charge in [0.05, 0.1) is 13.0 Å². The largest absolute Gasteiger partial charge is 0.493 e. The van der Waals surface area contributed by atoms with Crippen LogP contribution in [0.1, 0.15) is 54.4 Å². The summed E-state index contributed by atoms with van der Waals surface area (Å²) >= 11 is 0. The van der Waals surface area contributed by atoms with E-state index in [9.17, 15) is 14.3 Å². The third-order valence-electron chi connectivity index (χ3n) is 6.47. The van der Waals surface area contributed by atoms with Crippen LogP contribution in [-0.4, -0.2) is 17.7 Å². The van der Waals surface area contributed by atoms with Crippen molar-refractivity contribution in [3.63, 3.8) is 0 Å². The molecule has 38 heavy (non-hydrogen) atoms. The molecular formula is C33H33FO4. The first-order valence-electron chi connectivity index (χ1n) is 13.0. The molecule has 0 aliphatic heterocycles. The maximum Gasteiger partial charge on any atom is 0.304 e. The van der Waals surface area contributed by atoms with Gasteiger partial charge in [0.15, 0.2) is 0 Å². The molecule has 1 atom stereocenters. The highest BCUT2D eigenvalue weighted by Gasteiger charge is 2.18. The van der Waals surface area contributed by atoms with Gasteiger partial charge in [-0.3, -0.25) is 4.79 Å². The van der Waals surface area contributed by atoms with Crippen LogP contribution in [0.3, 0.4) is 0 Å². The molecule has 0 saturated heterocycles. The predicted octanol–water partition coefficient (Wildman–Crippen LogP) is 8.17. The van der Waals surface area contributed by atoms with Crippen LogP contribution in [0, 0.1) is 12.7 Å². The third kappa shape index (κ3) is 7.22. The number of rotatable bonds is 12. The average Bonchev–Trinajstić information content (AvgIpc) is 2.92. The van der Waals surface area contributed by atoms with Gasteiger partial charge < -0.3 is 14.6 Å². The third-order valence-corrected chi connectivity index (χ3v) is 6.47. The molecule has 4 aromatic rings. The molecule has 4 aromatic carbocycles. The number of carboxylic acid groups (broad SMARTS) is 1. The highest BCUT2D eigenvalue weighted by molar-refractivity contribution is 5.71. The summed E-state index contributed by atoms with van der Waals surface area (Å²) < 4.78 is 25.6. The number of aryl methyl sites for hydroxylation is 1. The number of unbranched alkanes of at least 4 members (excludes halogenated alkanes) is 1. The van der Waals surface area contributed by atoms with E-state index in [4.69, 9.17) is 9.47 Å². The van der Waals surface area contributed by atoms with E-state index < -0.39 is 5.97 Å². The quantitative estimate of drug-likeness (QED) is 0.195. The molecule has 0 aliphatic rings. The Morgan fingerprint density at radius 1 is 0.895 bits per heavy atom. The first-order valence-corrected chi connectivity index (χ1v) is 13.0. The second-order valence-electron chi connectivity index (χ2n) is 9.46. The van der Waals surface area contributed by atoms with Gasteiger partial charge in [0.25, 0.3) is 0 Å². The summed E-state index contributed by atoms with van der Waals surface area (Å²) in [7, 11) is 0. The van der Waals surface area contributed by atoms with Crippen molar-refractivity contribution in [2.45, 2.75) is 45.6 Å². The Hall–Kier alpha value is -4.12. The van der Waals surface area contributed by atoms with E-state index in [0.29, 0.717) is 19.0 Å². The molecule has 0 radical (unpaired) electrons. The van der Waals surface area contributed by atoms with Crippen molar-refractivity contribution in [3.8, 4) is 22.6 Å². The molecule has 0 heterocycles. The van der Waals surface area contributed by atoms with Gasteiger partial charge in [-0.1, -0.05) is 79.6 Å². The van der Waals surface area contributed by atoms with Gasteiger partial charge in [-0.15, -0.1) is 0 Å². The van der Waals surface area contributed by atoms with Gasteiger partial charge in [0, 0.05) is 11.5 Å². The van der Waals surface area contributed by atoms with E-state index in [2.05, 4.69) is 50.2 Å². The second-order valence-corrected chi connectivity index (χ2v) is 9.46. The average molecular weight is 513 g/mol. The molecule has 0 fully saturated rings. The van der Waals surface area contributed by atoms with Crippen LogP contribution < -0.4 is 9.47 Å². The van der Waals surface area contributed by atoms with Crippen molar-refractivity contribution in [3.05, 3.63) is 119 Å². The molecule has 5 heteroatoms. The predicted molar refractivity (Wildman–Crippen MR) is 148 cm³/mol. The Morgan fingerprint density at radius 3 is 2.26 bits per heavy atom. The number of halogens is 1. The number of carbonyl (C=O) groups is 1. The van der Waals surface area contributed by atoms with Crippen molar-refractivity contribution in [1.29, 1.82) is 0 Å². The number of hydrogen-bond donors (Lipinski definition) is 1. The van der Waals surface area contributed by atoms with E-state index in [1.807, 2.05) is 30.3 Å². The molecule has 1 N–H and O–H groups in total. The molecule has 0 spiro atoms. The first kappa shape index (κ1) is 26.9. The van der Waals surface area contributed by atoms with Crippen LogP contribution in [0.25, 0.3) is 11.1 Å². The summed E-state index contributed by atoms with van der Waals surface area (Å²) in [5, 5.41) is 9.41. The number of carboxylic acids is 1. The fourth-order valence-corrected chi connectivity index (χ4v) is 4.41. The monoisotopic (exact) mass is 512 g/mol. The van der Waals surface area contributed by atoms with Crippen LogP contribution in [0.15, 0.2) is 91.0 Å². The molecule has 0 aromatic heterocycles. The summed E-state index contributed by atoms with van der Waals surface area (Å²) in [6, 6.07) is 27.9.